The maximum Gasteiger partial charge on any atom is 0.261 e. The van der Waals surface area contributed by atoms with Gasteiger partial charge in [0.1, 0.15) is 11.2 Å². The summed E-state index contributed by atoms with van der Waals surface area (Å²) in [6.45, 7) is 1.90. The molecule has 0 radical (unpaired) electrons. The van der Waals surface area contributed by atoms with E-state index in [9.17, 15) is 4.79 Å². The first-order chi connectivity index (χ1) is 13.2. The van der Waals surface area contributed by atoms with Crippen LogP contribution in [-0.4, -0.2) is 34.6 Å². The number of benzene rings is 1. The number of fused-ring (bicyclic) bond motifs is 1. The number of anilines is 3. The Morgan fingerprint density at radius 1 is 1.07 bits per heavy atom. The fourth-order valence-corrected chi connectivity index (χ4v) is 2.81. The van der Waals surface area contributed by atoms with Crippen LogP contribution in [0.3, 0.4) is 0 Å². The first kappa shape index (κ1) is 18.8. The molecule has 0 saturated carbocycles. The van der Waals surface area contributed by atoms with Gasteiger partial charge in [0.15, 0.2) is 0 Å². The van der Waals surface area contributed by atoms with Gasteiger partial charge in [-0.2, -0.15) is 4.98 Å². The maximum atomic E-state index is 12.3. The molecule has 8 nitrogen and oxygen atoms in total. The van der Waals surface area contributed by atoms with Gasteiger partial charge in [0, 0.05) is 18.4 Å². The molecule has 7 N–H and O–H groups in total. The number of aromatic amines is 1. The van der Waals surface area contributed by atoms with E-state index in [-0.39, 0.29) is 5.56 Å². The Labute approximate surface area is 157 Å². The molecule has 0 fully saturated rings. The average Bonchev–Trinajstić information content (AvgIpc) is 2.67. The summed E-state index contributed by atoms with van der Waals surface area (Å²) in [5, 5.41) is 6.85. The Bertz CT molecular complexity index is 954. The molecular formula is C19H25N7O. The van der Waals surface area contributed by atoms with Gasteiger partial charge in [-0.05, 0) is 56.1 Å². The van der Waals surface area contributed by atoms with Crippen molar-refractivity contribution in [1.82, 2.24) is 15.0 Å². The lowest BCUT2D eigenvalue weighted by Crippen LogP contribution is -2.14. The highest BCUT2D eigenvalue weighted by atomic mass is 16.1. The van der Waals surface area contributed by atoms with Crippen LogP contribution in [0.1, 0.15) is 18.4 Å². The van der Waals surface area contributed by atoms with Crippen LogP contribution in [0.15, 0.2) is 41.3 Å². The SMILES string of the molecule is NCCCNc1nc(Nc2cccc(CCCN)c2)c2c(=O)[nH]ccc2n1. The molecule has 0 bridgehead atoms. The van der Waals surface area contributed by atoms with Crippen LogP contribution in [0.4, 0.5) is 17.5 Å². The predicted octanol–water partition coefficient (Wildman–Crippen LogP) is 1.71. The number of H-pyrrole nitrogens is 1. The monoisotopic (exact) mass is 367 g/mol. The smallest absolute Gasteiger partial charge is 0.261 e. The molecule has 2 aromatic heterocycles. The first-order valence-corrected chi connectivity index (χ1v) is 9.10. The van der Waals surface area contributed by atoms with Gasteiger partial charge in [-0.3, -0.25) is 4.79 Å². The van der Waals surface area contributed by atoms with E-state index >= 15 is 0 Å². The van der Waals surface area contributed by atoms with Crippen LogP contribution in [0, 0.1) is 0 Å². The molecule has 27 heavy (non-hydrogen) atoms. The molecule has 142 valence electrons. The minimum atomic E-state index is -0.234. The zero-order valence-electron chi connectivity index (χ0n) is 15.2. The van der Waals surface area contributed by atoms with E-state index in [4.69, 9.17) is 11.5 Å². The second-order valence-corrected chi connectivity index (χ2v) is 6.25. The topological polar surface area (TPSA) is 135 Å². The van der Waals surface area contributed by atoms with Gasteiger partial charge in [0.25, 0.3) is 5.56 Å². The largest absolute Gasteiger partial charge is 0.354 e. The molecule has 0 atom stereocenters. The Morgan fingerprint density at radius 2 is 1.93 bits per heavy atom. The van der Waals surface area contributed by atoms with Crippen LogP contribution in [0.2, 0.25) is 0 Å². The van der Waals surface area contributed by atoms with Crippen LogP contribution in [0.25, 0.3) is 10.9 Å². The highest BCUT2D eigenvalue weighted by Gasteiger charge is 2.11. The fraction of sp³-hybridized carbons (Fsp3) is 0.316. The summed E-state index contributed by atoms with van der Waals surface area (Å²) in [5.41, 5.74) is 13.5. The summed E-state index contributed by atoms with van der Waals surface area (Å²) in [7, 11) is 0. The van der Waals surface area contributed by atoms with Crippen molar-refractivity contribution < 1.29 is 0 Å². The molecule has 8 heteroatoms. The van der Waals surface area contributed by atoms with Crippen molar-refractivity contribution in [1.29, 1.82) is 0 Å². The Kier molecular flexibility index (Phi) is 6.35. The van der Waals surface area contributed by atoms with Gasteiger partial charge >= 0.3 is 0 Å². The van der Waals surface area contributed by atoms with Gasteiger partial charge in [-0.1, -0.05) is 12.1 Å². The van der Waals surface area contributed by atoms with E-state index in [0.29, 0.717) is 42.3 Å². The molecule has 0 amide bonds. The fourth-order valence-electron chi connectivity index (χ4n) is 2.81. The van der Waals surface area contributed by atoms with Gasteiger partial charge in [-0.25, -0.2) is 4.98 Å². The van der Waals surface area contributed by atoms with E-state index in [2.05, 4.69) is 31.7 Å². The number of pyridine rings is 1. The van der Waals surface area contributed by atoms with Crippen LogP contribution in [0.5, 0.6) is 0 Å². The molecule has 2 heterocycles. The summed E-state index contributed by atoms with van der Waals surface area (Å²) >= 11 is 0. The van der Waals surface area contributed by atoms with E-state index < -0.39 is 0 Å². The predicted molar refractivity (Wildman–Crippen MR) is 109 cm³/mol. The number of nitrogens with two attached hydrogens (primary N) is 2. The van der Waals surface area contributed by atoms with E-state index in [0.717, 1.165) is 24.9 Å². The van der Waals surface area contributed by atoms with Crippen molar-refractivity contribution in [2.75, 3.05) is 30.3 Å². The van der Waals surface area contributed by atoms with Gasteiger partial charge in [0.2, 0.25) is 5.95 Å². The number of rotatable bonds is 9. The number of aryl methyl sites for hydroxylation is 1. The summed E-state index contributed by atoms with van der Waals surface area (Å²) in [6.07, 6.45) is 4.22. The molecule has 3 aromatic rings. The maximum absolute atomic E-state index is 12.3. The molecule has 0 unspecified atom stereocenters. The third kappa shape index (κ3) is 4.81. The molecule has 0 aliphatic carbocycles. The number of nitrogens with one attached hydrogen (secondary N) is 3. The molecule has 0 saturated heterocycles. The minimum absolute atomic E-state index is 0.234. The quantitative estimate of drug-likeness (QED) is 0.363. The van der Waals surface area contributed by atoms with Crippen molar-refractivity contribution in [2.24, 2.45) is 11.5 Å². The summed E-state index contributed by atoms with van der Waals surface area (Å²) in [4.78, 5) is 24.0. The third-order valence-electron chi connectivity index (χ3n) is 4.14. The van der Waals surface area contributed by atoms with Crippen LogP contribution >= 0.6 is 0 Å². The number of hydrogen-bond acceptors (Lipinski definition) is 7. The standard InChI is InChI=1S/C19H25N7O/c20-8-2-5-13-4-1-6-14(12-13)24-17-16-15(7-11-22-18(16)27)25-19(26-17)23-10-3-9-21/h1,4,6-7,11-12H,2-3,5,8-10,20-21H2,(H,22,27)(H2,23,24,25,26). The van der Waals surface area contributed by atoms with Crippen molar-refractivity contribution in [3.63, 3.8) is 0 Å². The highest BCUT2D eigenvalue weighted by Crippen LogP contribution is 2.23. The lowest BCUT2D eigenvalue weighted by Gasteiger charge is -2.12. The third-order valence-corrected chi connectivity index (χ3v) is 4.14. The molecule has 3 rings (SSSR count). The van der Waals surface area contributed by atoms with Crippen LogP contribution in [-0.2, 0) is 6.42 Å². The summed E-state index contributed by atoms with van der Waals surface area (Å²) < 4.78 is 0. The first-order valence-electron chi connectivity index (χ1n) is 9.10. The van der Waals surface area contributed by atoms with E-state index in [1.54, 1.807) is 12.3 Å². The van der Waals surface area contributed by atoms with Crippen molar-refractivity contribution >= 4 is 28.4 Å². The van der Waals surface area contributed by atoms with Crippen molar-refractivity contribution in [3.05, 3.63) is 52.4 Å². The zero-order valence-corrected chi connectivity index (χ0v) is 15.2. The molecule has 0 aliphatic rings. The molecule has 0 aliphatic heterocycles. The molecule has 0 spiro atoms. The lowest BCUT2D eigenvalue weighted by molar-refractivity contribution is 0.833. The Balaban J connectivity index is 1.95. The molecular weight excluding hydrogens is 342 g/mol. The minimum Gasteiger partial charge on any atom is -0.354 e. The van der Waals surface area contributed by atoms with Gasteiger partial charge < -0.3 is 27.1 Å². The summed E-state index contributed by atoms with van der Waals surface area (Å²) in [5.74, 6) is 0.927. The van der Waals surface area contributed by atoms with Crippen molar-refractivity contribution in [2.45, 2.75) is 19.3 Å². The number of aromatic nitrogens is 3. The Hall–Kier alpha value is -2.97. The van der Waals surface area contributed by atoms with E-state index in [1.165, 1.54) is 5.56 Å². The van der Waals surface area contributed by atoms with Crippen LogP contribution < -0.4 is 27.7 Å². The zero-order chi connectivity index (χ0) is 19.1. The van der Waals surface area contributed by atoms with Gasteiger partial charge in [0.05, 0.1) is 5.52 Å². The molecule has 1 aromatic carbocycles. The normalized spacial score (nSPS) is 10.9. The number of hydrogen-bond donors (Lipinski definition) is 5. The second-order valence-electron chi connectivity index (χ2n) is 6.25. The Morgan fingerprint density at radius 3 is 2.74 bits per heavy atom. The highest BCUT2D eigenvalue weighted by molar-refractivity contribution is 5.90. The van der Waals surface area contributed by atoms with Crippen molar-refractivity contribution in [3.8, 4) is 0 Å². The summed E-state index contributed by atoms with van der Waals surface area (Å²) in [6, 6.07) is 9.78. The van der Waals surface area contributed by atoms with Gasteiger partial charge in [-0.15, -0.1) is 0 Å². The lowest BCUT2D eigenvalue weighted by atomic mass is 10.1. The second kappa shape index (κ2) is 9.11. The average molecular weight is 367 g/mol. The van der Waals surface area contributed by atoms with E-state index in [1.807, 2.05) is 18.2 Å². The number of nitrogens with zero attached hydrogens (tertiary/aromatic N) is 2.